The Balaban J connectivity index is 3.14. The first kappa shape index (κ1) is 8.17. The standard InChI is InChI=1S/C6H10O3/c1-6(8)9-5-3-2-4-7/h3,5,7H,2,4H2,1H3. The highest BCUT2D eigenvalue weighted by Gasteiger charge is 1.82. The first-order valence-electron chi connectivity index (χ1n) is 2.70. The Kier molecular flexibility index (Phi) is 4.82. The number of aliphatic hydroxyl groups is 1. The summed E-state index contributed by atoms with van der Waals surface area (Å²) in [5.41, 5.74) is 0. The number of carbonyl (C=O) groups is 1. The number of rotatable bonds is 3. The van der Waals surface area contributed by atoms with E-state index in [1.165, 1.54) is 13.2 Å². The van der Waals surface area contributed by atoms with Gasteiger partial charge in [0.25, 0.3) is 0 Å². The zero-order valence-corrected chi connectivity index (χ0v) is 5.33. The number of carbonyl (C=O) groups excluding carboxylic acids is 1. The SMILES string of the molecule is CC(=O)OC=CCCO. The summed E-state index contributed by atoms with van der Waals surface area (Å²) in [7, 11) is 0. The van der Waals surface area contributed by atoms with Crippen molar-refractivity contribution in [3.8, 4) is 0 Å². The van der Waals surface area contributed by atoms with Crippen LogP contribution in [0.15, 0.2) is 12.3 Å². The molecule has 3 heteroatoms. The van der Waals surface area contributed by atoms with Gasteiger partial charge in [-0.1, -0.05) is 0 Å². The Morgan fingerprint density at radius 3 is 2.89 bits per heavy atom. The van der Waals surface area contributed by atoms with E-state index >= 15 is 0 Å². The number of ether oxygens (including phenoxy) is 1. The summed E-state index contributed by atoms with van der Waals surface area (Å²) < 4.78 is 4.41. The summed E-state index contributed by atoms with van der Waals surface area (Å²) in [6.07, 6.45) is 3.38. The van der Waals surface area contributed by atoms with Crippen LogP contribution in [0.3, 0.4) is 0 Å². The van der Waals surface area contributed by atoms with Crippen LogP contribution in [-0.2, 0) is 9.53 Å². The third-order valence-electron chi connectivity index (χ3n) is 0.626. The van der Waals surface area contributed by atoms with E-state index in [0.717, 1.165) is 0 Å². The number of aliphatic hydroxyl groups excluding tert-OH is 1. The second-order valence-corrected chi connectivity index (χ2v) is 1.49. The van der Waals surface area contributed by atoms with Crippen LogP contribution < -0.4 is 0 Å². The van der Waals surface area contributed by atoms with Gasteiger partial charge in [0.05, 0.1) is 6.26 Å². The number of hydrogen-bond donors (Lipinski definition) is 1. The summed E-state index contributed by atoms with van der Waals surface area (Å²) in [4.78, 5) is 10.1. The van der Waals surface area contributed by atoms with Crippen LogP contribution in [-0.4, -0.2) is 17.7 Å². The fraction of sp³-hybridized carbons (Fsp3) is 0.500. The lowest BCUT2D eigenvalue weighted by Crippen LogP contribution is -1.89. The Labute approximate surface area is 53.9 Å². The predicted octanol–water partition coefficient (Wildman–Crippen LogP) is 0.446. The molecule has 0 saturated heterocycles. The van der Waals surface area contributed by atoms with Gasteiger partial charge >= 0.3 is 5.97 Å². The molecule has 1 N–H and O–H groups in total. The third-order valence-corrected chi connectivity index (χ3v) is 0.626. The smallest absolute Gasteiger partial charge is 0.307 e. The van der Waals surface area contributed by atoms with Crippen molar-refractivity contribution in [2.24, 2.45) is 0 Å². The molecule has 0 rings (SSSR count). The van der Waals surface area contributed by atoms with E-state index in [2.05, 4.69) is 4.74 Å². The molecule has 0 aromatic heterocycles. The molecule has 0 fully saturated rings. The summed E-state index contributed by atoms with van der Waals surface area (Å²) >= 11 is 0. The van der Waals surface area contributed by atoms with E-state index < -0.39 is 0 Å². The van der Waals surface area contributed by atoms with Gasteiger partial charge in [0.15, 0.2) is 0 Å². The Morgan fingerprint density at radius 2 is 2.44 bits per heavy atom. The van der Waals surface area contributed by atoms with Crippen molar-refractivity contribution < 1.29 is 14.6 Å². The minimum atomic E-state index is -0.343. The average molecular weight is 130 g/mol. The Morgan fingerprint density at radius 1 is 1.78 bits per heavy atom. The minimum absolute atomic E-state index is 0.0811. The van der Waals surface area contributed by atoms with E-state index in [1.807, 2.05) is 0 Å². The quantitative estimate of drug-likeness (QED) is 0.445. The van der Waals surface area contributed by atoms with E-state index in [4.69, 9.17) is 5.11 Å². The van der Waals surface area contributed by atoms with Crippen LogP contribution in [0, 0.1) is 0 Å². The second kappa shape index (κ2) is 5.31. The largest absolute Gasteiger partial charge is 0.435 e. The molecule has 0 saturated carbocycles. The molecule has 9 heavy (non-hydrogen) atoms. The van der Waals surface area contributed by atoms with Gasteiger partial charge in [-0.15, -0.1) is 0 Å². The first-order valence-corrected chi connectivity index (χ1v) is 2.70. The molecule has 52 valence electrons. The molecule has 0 atom stereocenters. The molecule has 0 aliphatic carbocycles. The molecule has 0 aliphatic heterocycles. The monoisotopic (exact) mass is 130 g/mol. The molecule has 0 bridgehead atoms. The fourth-order valence-electron chi connectivity index (χ4n) is 0.287. The van der Waals surface area contributed by atoms with E-state index in [1.54, 1.807) is 6.08 Å². The van der Waals surface area contributed by atoms with Crippen LogP contribution in [0.4, 0.5) is 0 Å². The Bertz CT molecular complexity index is 107. The highest BCUT2D eigenvalue weighted by atomic mass is 16.5. The van der Waals surface area contributed by atoms with E-state index in [-0.39, 0.29) is 12.6 Å². The van der Waals surface area contributed by atoms with Gasteiger partial charge in [0, 0.05) is 13.5 Å². The molecule has 0 aromatic carbocycles. The maximum atomic E-state index is 10.1. The van der Waals surface area contributed by atoms with Crippen molar-refractivity contribution >= 4 is 5.97 Å². The summed E-state index contributed by atoms with van der Waals surface area (Å²) in [6, 6.07) is 0. The van der Waals surface area contributed by atoms with E-state index in [9.17, 15) is 4.79 Å². The highest BCUT2D eigenvalue weighted by molar-refractivity contribution is 5.66. The van der Waals surface area contributed by atoms with Crippen molar-refractivity contribution in [1.29, 1.82) is 0 Å². The first-order chi connectivity index (χ1) is 4.27. The van der Waals surface area contributed by atoms with Crippen LogP contribution in [0.2, 0.25) is 0 Å². The Hall–Kier alpha value is -0.830. The van der Waals surface area contributed by atoms with Gasteiger partial charge in [0.1, 0.15) is 0 Å². The normalized spacial score (nSPS) is 10.0. The number of hydrogen-bond acceptors (Lipinski definition) is 3. The molecule has 0 heterocycles. The van der Waals surface area contributed by atoms with Crippen LogP contribution in [0.1, 0.15) is 13.3 Å². The second-order valence-electron chi connectivity index (χ2n) is 1.49. The van der Waals surface area contributed by atoms with Gasteiger partial charge in [-0.25, -0.2) is 0 Å². The predicted molar refractivity (Wildman–Crippen MR) is 32.6 cm³/mol. The summed E-state index contributed by atoms with van der Waals surface area (Å²) in [5, 5.41) is 8.24. The van der Waals surface area contributed by atoms with Crippen LogP contribution >= 0.6 is 0 Å². The lowest BCUT2D eigenvalue weighted by Gasteiger charge is -1.88. The zero-order chi connectivity index (χ0) is 7.11. The van der Waals surface area contributed by atoms with Gasteiger partial charge in [0.2, 0.25) is 0 Å². The fourth-order valence-corrected chi connectivity index (χ4v) is 0.287. The van der Waals surface area contributed by atoms with Crippen LogP contribution in [0.25, 0.3) is 0 Å². The van der Waals surface area contributed by atoms with Gasteiger partial charge in [-0.2, -0.15) is 0 Å². The van der Waals surface area contributed by atoms with Crippen molar-refractivity contribution in [1.82, 2.24) is 0 Å². The average Bonchev–Trinajstić information content (AvgIpc) is 1.80. The molecule has 0 aliphatic rings. The topological polar surface area (TPSA) is 46.5 Å². The van der Waals surface area contributed by atoms with Crippen LogP contribution in [0.5, 0.6) is 0 Å². The third kappa shape index (κ3) is 7.17. The molecule has 0 amide bonds. The molecule has 0 aromatic rings. The maximum Gasteiger partial charge on any atom is 0.307 e. The van der Waals surface area contributed by atoms with Gasteiger partial charge in [-0.3, -0.25) is 4.79 Å². The molecule has 0 unspecified atom stereocenters. The van der Waals surface area contributed by atoms with Gasteiger partial charge in [-0.05, 0) is 12.5 Å². The lowest BCUT2D eigenvalue weighted by atomic mass is 10.4. The summed E-state index contributed by atoms with van der Waals surface area (Å²) in [5.74, 6) is -0.343. The maximum absolute atomic E-state index is 10.1. The minimum Gasteiger partial charge on any atom is -0.435 e. The summed E-state index contributed by atoms with van der Waals surface area (Å²) in [6.45, 7) is 1.40. The van der Waals surface area contributed by atoms with Crippen molar-refractivity contribution in [3.63, 3.8) is 0 Å². The molecule has 3 nitrogen and oxygen atoms in total. The van der Waals surface area contributed by atoms with Crippen molar-refractivity contribution in [2.45, 2.75) is 13.3 Å². The lowest BCUT2D eigenvalue weighted by molar-refractivity contribution is -0.135. The van der Waals surface area contributed by atoms with E-state index in [0.29, 0.717) is 6.42 Å². The van der Waals surface area contributed by atoms with Crippen molar-refractivity contribution in [3.05, 3.63) is 12.3 Å². The molecule has 0 radical (unpaired) electrons. The van der Waals surface area contributed by atoms with Gasteiger partial charge < -0.3 is 9.84 Å². The highest BCUT2D eigenvalue weighted by Crippen LogP contribution is 1.82. The molecular formula is C6H10O3. The zero-order valence-electron chi connectivity index (χ0n) is 5.33. The van der Waals surface area contributed by atoms with Crippen molar-refractivity contribution in [2.75, 3.05) is 6.61 Å². The number of esters is 1. The molecular weight excluding hydrogens is 120 g/mol. The molecule has 0 spiro atoms.